The van der Waals surface area contributed by atoms with Crippen LogP contribution in [-0.4, -0.2) is 36.1 Å². The number of pyridine rings is 1. The lowest BCUT2D eigenvalue weighted by molar-refractivity contribution is 0.0226. The number of amides is 1. The fourth-order valence-corrected chi connectivity index (χ4v) is 4.78. The minimum atomic E-state index is -0.200. The first-order valence-electron chi connectivity index (χ1n) is 11.0. The number of anilines is 1. The van der Waals surface area contributed by atoms with Gasteiger partial charge in [0.2, 0.25) is 0 Å². The van der Waals surface area contributed by atoms with Crippen LogP contribution in [0, 0.1) is 5.92 Å². The van der Waals surface area contributed by atoms with Gasteiger partial charge in [-0.2, -0.15) is 0 Å². The van der Waals surface area contributed by atoms with Crippen LogP contribution >= 0.6 is 23.2 Å². The molecule has 0 atom stereocenters. The zero-order chi connectivity index (χ0) is 22.0. The number of benzene rings is 1. The van der Waals surface area contributed by atoms with Crippen molar-refractivity contribution in [3.63, 3.8) is 0 Å². The van der Waals surface area contributed by atoms with E-state index in [2.05, 4.69) is 29.0 Å². The van der Waals surface area contributed by atoms with Gasteiger partial charge in [0.15, 0.2) is 0 Å². The Morgan fingerprint density at radius 1 is 1.16 bits per heavy atom. The SMILES string of the molecule is CC(C)CCNC(=O)c1ccc(N2CCC3(CCc4c(Cl)ccc(Cl)c4O3)CC2)nc1. The summed E-state index contributed by atoms with van der Waals surface area (Å²) in [5.74, 6) is 2.14. The quantitative estimate of drug-likeness (QED) is 0.635. The van der Waals surface area contributed by atoms with Crippen LogP contribution in [0.2, 0.25) is 10.0 Å². The number of nitrogens with one attached hydrogen (secondary N) is 1. The Morgan fingerprint density at radius 2 is 1.90 bits per heavy atom. The van der Waals surface area contributed by atoms with Crippen LogP contribution in [0.3, 0.4) is 0 Å². The van der Waals surface area contributed by atoms with E-state index in [4.69, 9.17) is 27.9 Å². The van der Waals surface area contributed by atoms with Crippen molar-refractivity contribution in [2.45, 2.75) is 51.6 Å². The van der Waals surface area contributed by atoms with Crippen molar-refractivity contribution in [2.24, 2.45) is 5.92 Å². The maximum absolute atomic E-state index is 12.3. The molecule has 2 aliphatic rings. The Labute approximate surface area is 194 Å². The second kappa shape index (κ2) is 9.25. The van der Waals surface area contributed by atoms with Crippen LogP contribution in [0.1, 0.15) is 55.5 Å². The molecule has 1 aromatic carbocycles. The molecule has 0 bridgehead atoms. The number of nitrogens with zero attached hydrogens (tertiary/aromatic N) is 2. The fraction of sp³-hybridized carbons (Fsp3) is 0.500. The molecule has 7 heteroatoms. The summed E-state index contributed by atoms with van der Waals surface area (Å²) in [5.41, 5.74) is 1.42. The molecule has 1 aromatic heterocycles. The van der Waals surface area contributed by atoms with Crippen LogP contribution in [0.4, 0.5) is 5.82 Å². The number of halogens is 2. The molecule has 0 aliphatic carbocycles. The van der Waals surface area contributed by atoms with Crippen LogP contribution < -0.4 is 15.0 Å². The third-order valence-electron chi connectivity index (χ3n) is 6.32. The number of fused-ring (bicyclic) bond motifs is 1. The molecule has 1 fully saturated rings. The standard InChI is InChI=1S/C24H29Cl2N3O2/c1-16(2)8-12-27-23(30)17-3-6-21(28-15-17)29-13-10-24(11-14-29)9-7-18-19(25)4-5-20(26)22(18)31-24/h3-6,15-16H,7-14H2,1-2H3,(H,27,30). The van der Waals surface area contributed by atoms with E-state index in [9.17, 15) is 4.79 Å². The molecule has 31 heavy (non-hydrogen) atoms. The lowest BCUT2D eigenvalue weighted by Gasteiger charge is -2.45. The molecule has 1 N–H and O–H groups in total. The van der Waals surface area contributed by atoms with Gasteiger partial charge in [0.25, 0.3) is 5.91 Å². The van der Waals surface area contributed by atoms with Gasteiger partial charge >= 0.3 is 0 Å². The highest BCUT2D eigenvalue weighted by molar-refractivity contribution is 6.35. The molecule has 1 saturated heterocycles. The summed E-state index contributed by atoms with van der Waals surface area (Å²) in [6, 6.07) is 7.43. The molecule has 3 heterocycles. The number of ether oxygens (including phenoxy) is 1. The molecular formula is C24H29Cl2N3O2. The van der Waals surface area contributed by atoms with E-state index in [0.717, 1.165) is 67.3 Å². The third kappa shape index (κ3) is 4.93. The first-order valence-corrected chi connectivity index (χ1v) is 11.8. The third-order valence-corrected chi connectivity index (χ3v) is 6.97. The highest BCUT2D eigenvalue weighted by Gasteiger charge is 2.41. The van der Waals surface area contributed by atoms with Crippen molar-refractivity contribution in [3.05, 3.63) is 51.6 Å². The number of hydrogen-bond acceptors (Lipinski definition) is 4. The molecule has 2 aromatic rings. The second-order valence-electron chi connectivity index (χ2n) is 8.95. The average molecular weight is 462 g/mol. The summed E-state index contributed by atoms with van der Waals surface area (Å²) in [7, 11) is 0. The van der Waals surface area contributed by atoms with Crippen LogP contribution in [0.15, 0.2) is 30.5 Å². The van der Waals surface area contributed by atoms with Gasteiger partial charge in [0.1, 0.15) is 17.2 Å². The number of rotatable bonds is 5. The Balaban J connectivity index is 1.36. The monoisotopic (exact) mass is 461 g/mol. The molecule has 0 unspecified atom stereocenters. The summed E-state index contributed by atoms with van der Waals surface area (Å²) < 4.78 is 6.44. The molecule has 1 amide bonds. The van der Waals surface area contributed by atoms with Gasteiger partial charge in [-0.1, -0.05) is 37.0 Å². The Hall–Kier alpha value is -1.98. The van der Waals surface area contributed by atoms with E-state index in [1.807, 2.05) is 18.2 Å². The molecule has 4 rings (SSSR count). The molecule has 0 radical (unpaired) electrons. The Bertz CT molecular complexity index is 939. The van der Waals surface area contributed by atoms with Crippen LogP contribution in [-0.2, 0) is 6.42 Å². The minimum absolute atomic E-state index is 0.0675. The van der Waals surface area contributed by atoms with Crippen molar-refractivity contribution in [1.82, 2.24) is 10.3 Å². The lowest BCUT2D eigenvalue weighted by atomic mass is 9.83. The van der Waals surface area contributed by atoms with E-state index >= 15 is 0 Å². The largest absolute Gasteiger partial charge is 0.485 e. The Kier molecular flexibility index (Phi) is 6.63. The summed E-state index contributed by atoms with van der Waals surface area (Å²) in [5, 5.41) is 4.31. The number of carbonyl (C=O) groups is 1. The van der Waals surface area contributed by atoms with E-state index < -0.39 is 0 Å². The minimum Gasteiger partial charge on any atom is -0.485 e. The van der Waals surface area contributed by atoms with E-state index in [-0.39, 0.29) is 11.5 Å². The zero-order valence-electron chi connectivity index (χ0n) is 18.1. The average Bonchev–Trinajstić information content (AvgIpc) is 2.77. The lowest BCUT2D eigenvalue weighted by Crippen LogP contribution is -2.50. The van der Waals surface area contributed by atoms with Crippen molar-refractivity contribution in [1.29, 1.82) is 0 Å². The van der Waals surface area contributed by atoms with Gasteiger partial charge in [-0.25, -0.2) is 4.98 Å². The van der Waals surface area contributed by atoms with Crippen molar-refractivity contribution in [2.75, 3.05) is 24.5 Å². The predicted octanol–water partition coefficient (Wildman–Crippen LogP) is 5.53. The maximum atomic E-state index is 12.3. The molecule has 0 saturated carbocycles. The van der Waals surface area contributed by atoms with E-state index in [0.29, 0.717) is 23.0 Å². The van der Waals surface area contributed by atoms with Crippen molar-refractivity contribution < 1.29 is 9.53 Å². The van der Waals surface area contributed by atoms with E-state index in [1.54, 1.807) is 12.3 Å². The van der Waals surface area contributed by atoms with Gasteiger partial charge in [0.05, 0.1) is 10.6 Å². The second-order valence-corrected chi connectivity index (χ2v) is 9.77. The molecule has 5 nitrogen and oxygen atoms in total. The van der Waals surface area contributed by atoms with E-state index in [1.165, 1.54) is 0 Å². The highest BCUT2D eigenvalue weighted by atomic mass is 35.5. The van der Waals surface area contributed by atoms with Gasteiger partial charge in [-0.05, 0) is 49.4 Å². The molecular weight excluding hydrogens is 433 g/mol. The van der Waals surface area contributed by atoms with Crippen LogP contribution in [0.25, 0.3) is 0 Å². The first kappa shape index (κ1) is 22.2. The van der Waals surface area contributed by atoms with Crippen molar-refractivity contribution >= 4 is 34.9 Å². The topological polar surface area (TPSA) is 54.5 Å². The molecule has 166 valence electrons. The Morgan fingerprint density at radius 3 is 2.58 bits per heavy atom. The predicted molar refractivity (Wildman–Crippen MR) is 126 cm³/mol. The summed E-state index contributed by atoms with van der Waals surface area (Å²) >= 11 is 12.7. The maximum Gasteiger partial charge on any atom is 0.252 e. The summed E-state index contributed by atoms with van der Waals surface area (Å²) in [6.45, 7) is 6.67. The van der Waals surface area contributed by atoms with Crippen LogP contribution in [0.5, 0.6) is 5.75 Å². The zero-order valence-corrected chi connectivity index (χ0v) is 19.6. The molecule has 2 aliphatic heterocycles. The van der Waals surface area contributed by atoms with Gasteiger partial charge in [-0.15, -0.1) is 0 Å². The molecule has 1 spiro atoms. The smallest absolute Gasteiger partial charge is 0.252 e. The van der Waals surface area contributed by atoms with Gasteiger partial charge < -0.3 is 15.0 Å². The normalized spacial score (nSPS) is 17.4. The number of hydrogen-bond donors (Lipinski definition) is 1. The number of carbonyl (C=O) groups excluding carboxylic acids is 1. The summed E-state index contributed by atoms with van der Waals surface area (Å²) in [6.07, 6.45) is 6.25. The number of piperidine rings is 1. The highest BCUT2D eigenvalue weighted by Crippen LogP contribution is 2.45. The fourth-order valence-electron chi connectivity index (χ4n) is 4.32. The van der Waals surface area contributed by atoms with Gasteiger partial charge in [-0.3, -0.25) is 4.79 Å². The van der Waals surface area contributed by atoms with Crippen molar-refractivity contribution in [3.8, 4) is 5.75 Å². The summed E-state index contributed by atoms with van der Waals surface area (Å²) in [4.78, 5) is 19.1. The first-order chi connectivity index (χ1) is 14.9. The number of aromatic nitrogens is 1. The van der Waals surface area contributed by atoms with Gasteiger partial charge in [0, 0.05) is 49.3 Å².